The number of fused-ring (bicyclic) bond motifs is 5. The third-order valence-electron chi connectivity index (χ3n) is 12.7. The molecule has 10 nitrogen and oxygen atoms in total. The van der Waals surface area contributed by atoms with Crippen LogP contribution in [-0.4, -0.2) is 81.0 Å². The van der Waals surface area contributed by atoms with Crippen LogP contribution in [0.5, 0.6) is 0 Å². The molecule has 2 aliphatic heterocycles. The number of ether oxygens (including phenoxy) is 2. The predicted molar refractivity (Wildman–Crippen MR) is 191 cm³/mol. The van der Waals surface area contributed by atoms with Crippen LogP contribution in [0.15, 0.2) is 22.8 Å². The van der Waals surface area contributed by atoms with E-state index in [-0.39, 0.29) is 53.9 Å². The molecule has 2 bridgehead atoms. The van der Waals surface area contributed by atoms with Gasteiger partial charge in [-0.25, -0.2) is 0 Å². The van der Waals surface area contributed by atoms with Crippen molar-refractivity contribution in [3.8, 4) is 0 Å². The van der Waals surface area contributed by atoms with Crippen molar-refractivity contribution < 1.29 is 48.8 Å². The van der Waals surface area contributed by atoms with E-state index in [0.717, 1.165) is 5.57 Å². The molecule has 1 saturated carbocycles. The van der Waals surface area contributed by atoms with E-state index >= 15 is 0 Å². The van der Waals surface area contributed by atoms with Gasteiger partial charge in [0.25, 0.3) is 0 Å². The van der Waals surface area contributed by atoms with Gasteiger partial charge in [0.15, 0.2) is 5.78 Å². The average molecular weight is 715 g/mol. The quantitative estimate of drug-likeness (QED) is 0.191. The van der Waals surface area contributed by atoms with E-state index in [9.17, 15) is 39.3 Å². The van der Waals surface area contributed by atoms with E-state index in [2.05, 4.69) is 0 Å². The molecule has 2 heterocycles. The van der Waals surface area contributed by atoms with Gasteiger partial charge in [0.05, 0.1) is 42.5 Å². The number of ketones is 4. The monoisotopic (exact) mass is 714 g/mol. The number of esters is 1. The van der Waals surface area contributed by atoms with Crippen molar-refractivity contribution in [3.63, 3.8) is 0 Å². The molecule has 0 unspecified atom stereocenters. The summed E-state index contributed by atoms with van der Waals surface area (Å²) in [7, 11) is 1.17. The molecule has 10 heteroatoms. The Morgan fingerprint density at radius 1 is 0.922 bits per heavy atom. The third-order valence-corrected chi connectivity index (χ3v) is 12.7. The zero-order valence-electron chi connectivity index (χ0n) is 32.3. The molecule has 0 aromatic carbocycles. The number of rotatable bonds is 2. The summed E-state index contributed by atoms with van der Waals surface area (Å²) in [5.74, 6) is -6.62. The first kappa shape index (κ1) is 41.2. The normalized spacial score (nSPS) is 42.1. The minimum atomic E-state index is -2.06. The Morgan fingerprint density at radius 3 is 2.20 bits per heavy atom. The fraction of sp³-hybridized carbons (Fsp3) is 0.780. The van der Waals surface area contributed by atoms with Crippen LogP contribution in [0.25, 0.3) is 0 Å². The maximum absolute atomic E-state index is 14.7. The van der Waals surface area contributed by atoms with E-state index in [1.165, 1.54) is 7.11 Å². The van der Waals surface area contributed by atoms with Crippen molar-refractivity contribution in [2.45, 2.75) is 156 Å². The SMILES string of the molecule is COC(=O)[C@]12CC(=O)[C@H](C(C)C)CC(=O)[C@H](C)CCC[C@H](C)CC(=O)[C@H]1C(=O)C(C)=C1[C@H](O)C[C@](C)(O)[C@H]3CC[C@@](C)(O)[C@H](CC/C(C)=C/[C@@H]12)O3. The summed E-state index contributed by atoms with van der Waals surface area (Å²) < 4.78 is 11.8. The number of hydrogen-bond acceptors (Lipinski definition) is 10. The van der Waals surface area contributed by atoms with Crippen LogP contribution < -0.4 is 0 Å². The Balaban J connectivity index is 2.02. The number of Topliss-reactive ketones (excluding diaryl/α,β-unsaturated/α-hetero) is 4. The van der Waals surface area contributed by atoms with E-state index in [1.54, 1.807) is 26.8 Å². The van der Waals surface area contributed by atoms with Gasteiger partial charge in [0.1, 0.15) is 22.8 Å². The standard InChI is InChI=1S/C41H62O10/c1-22(2)27-19-29(42)25(5)12-10-11-23(3)18-30(43)36-37(46)26(6)35-28(41(36,21-31(27)44)38(47)50-9)17-24(4)13-14-33-39(7,48)16-15-34(51-33)40(8,49)20-32(35)45/h17,22-23,25,27-28,32-34,36,45,48-49H,10-16,18-21H2,1-9H3/b24-17+/t23-,25+,27-,28-,32+,33-,34+,36-,39+,40-,41-/m0/s1. The third kappa shape index (κ3) is 8.34. The summed E-state index contributed by atoms with van der Waals surface area (Å²) in [6.07, 6.45) is 1.58. The van der Waals surface area contributed by atoms with Crippen LogP contribution in [0.3, 0.4) is 0 Å². The lowest BCUT2D eigenvalue weighted by molar-refractivity contribution is -0.219. The van der Waals surface area contributed by atoms with Gasteiger partial charge < -0.3 is 24.8 Å². The summed E-state index contributed by atoms with van der Waals surface area (Å²) in [5, 5.41) is 35.2. The lowest BCUT2D eigenvalue weighted by atomic mass is 9.52. The highest BCUT2D eigenvalue weighted by atomic mass is 16.5. The van der Waals surface area contributed by atoms with Gasteiger partial charge in [-0.15, -0.1) is 0 Å². The molecular weight excluding hydrogens is 652 g/mol. The molecule has 11 atom stereocenters. The molecule has 4 rings (SSSR count). The summed E-state index contributed by atoms with van der Waals surface area (Å²) in [5.41, 5.74) is -3.78. The van der Waals surface area contributed by atoms with Crippen LogP contribution in [0.1, 0.15) is 126 Å². The van der Waals surface area contributed by atoms with Gasteiger partial charge in [-0.05, 0) is 82.8 Å². The molecule has 2 fully saturated rings. The van der Waals surface area contributed by atoms with Gasteiger partial charge in [-0.1, -0.05) is 52.2 Å². The van der Waals surface area contributed by atoms with Crippen molar-refractivity contribution in [2.24, 2.45) is 40.9 Å². The zero-order chi connectivity index (χ0) is 38.2. The molecule has 0 aromatic heterocycles. The van der Waals surface area contributed by atoms with Gasteiger partial charge in [-0.3, -0.25) is 24.0 Å². The van der Waals surface area contributed by atoms with Gasteiger partial charge >= 0.3 is 5.97 Å². The van der Waals surface area contributed by atoms with Gasteiger partial charge in [-0.2, -0.15) is 0 Å². The predicted octanol–water partition coefficient (Wildman–Crippen LogP) is 5.42. The molecular formula is C41H62O10. The summed E-state index contributed by atoms with van der Waals surface area (Å²) in [6.45, 7) is 14.1. The summed E-state index contributed by atoms with van der Waals surface area (Å²) in [6, 6.07) is 0. The average Bonchev–Trinajstić information content (AvgIpc) is 3.03. The maximum atomic E-state index is 14.7. The van der Waals surface area contributed by atoms with Crippen LogP contribution in [0, 0.1) is 40.9 Å². The first-order valence-electron chi connectivity index (χ1n) is 19.0. The minimum Gasteiger partial charge on any atom is -0.469 e. The fourth-order valence-electron chi connectivity index (χ4n) is 9.38. The van der Waals surface area contributed by atoms with Crippen molar-refractivity contribution in [2.75, 3.05) is 7.11 Å². The van der Waals surface area contributed by atoms with E-state index < -0.39 is 82.4 Å². The Kier molecular flexibility index (Phi) is 12.8. The maximum Gasteiger partial charge on any atom is 0.314 e. The van der Waals surface area contributed by atoms with Crippen LogP contribution in [0.2, 0.25) is 0 Å². The number of aliphatic hydroxyl groups is 3. The second-order valence-electron chi connectivity index (χ2n) is 17.3. The Hall–Kier alpha value is -2.53. The van der Waals surface area contributed by atoms with Crippen LogP contribution >= 0.6 is 0 Å². The number of aliphatic hydroxyl groups excluding tert-OH is 1. The first-order valence-corrected chi connectivity index (χ1v) is 19.0. The number of allylic oxidation sites excluding steroid dienone is 3. The van der Waals surface area contributed by atoms with E-state index in [0.29, 0.717) is 44.9 Å². The topological polar surface area (TPSA) is 164 Å². The Labute approximate surface area is 303 Å². The number of carbonyl (C=O) groups excluding carboxylic acids is 5. The second-order valence-corrected chi connectivity index (χ2v) is 17.3. The number of hydrogen-bond donors (Lipinski definition) is 3. The Bertz CT molecular complexity index is 1440. The van der Waals surface area contributed by atoms with Crippen LogP contribution in [0.4, 0.5) is 0 Å². The smallest absolute Gasteiger partial charge is 0.314 e. The highest BCUT2D eigenvalue weighted by Crippen LogP contribution is 2.55. The highest BCUT2D eigenvalue weighted by Gasteiger charge is 2.63. The highest BCUT2D eigenvalue weighted by molar-refractivity contribution is 6.16. The zero-order valence-corrected chi connectivity index (χ0v) is 32.3. The van der Waals surface area contributed by atoms with Crippen molar-refractivity contribution in [1.29, 1.82) is 0 Å². The number of methoxy groups -OCH3 is 1. The second kappa shape index (κ2) is 15.8. The molecule has 0 aromatic rings. The molecule has 4 aliphatic rings. The molecule has 2 aliphatic carbocycles. The molecule has 51 heavy (non-hydrogen) atoms. The molecule has 0 spiro atoms. The minimum absolute atomic E-state index is 0.00957. The molecule has 3 N–H and O–H groups in total. The lowest BCUT2D eigenvalue weighted by Gasteiger charge is -2.50. The van der Waals surface area contributed by atoms with Crippen molar-refractivity contribution in [1.82, 2.24) is 0 Å². The molecule has 286 valence electrons. The van der Waals surface area contributed by atoms with Gasteiger partial charge in [0.2, 0.25) is 0 Å². The van der Waals surface area contributed by atoms with E-state index in [4.69, 9.17) is 9.47 Å². The van der Waals surface area contributed by atoms with Crippen molar-refractivity contribution in [3.05, 3.63) is 22.8 Å². The van der Waals surface area contributed by atoms with Crippen molar-refractivity contribution >= 4 is 29.1 Å². The largest absolute Gasteiger partial charge is 0.469 e. The van der Waals surface area contributed by atoms with Gasteiger partial charge in [0, 0.05) is 43.4 Å². The summed E-state index contributed by atoms with van der Waals surface area (Å²) >= 11 is 0. The lowest BCUT2D eigenvalue weighted by Crippen LogP contribution is -2.59. The molecule has 0 radical (unpaired) electrons. The fourth-order valence-corrected chi connectivity index (χ4v) is 9.38. The number of carbonyl (C=O) groups is 5. The van der Waals surface area contributed by atoms with E-state index in [1.807, 2.05) is 34.6 Å². The molecule has 0 amide bonds. The summed E-state index contributed by atoms with van der Waals surface area (Å²) in [4.78, 5) is 72.1. The Morgan fingerprint density at radius 2 is 1.57 bits per heavy atom. The first-order chi connectivity index (χ1) is 23.7. The van der Waals surface area contributed by atoms with Crippen LogP contribution in [-0.2, 0) is 33.4 Å². The molecule has 1 saturated heterocycles.